The normalized spacial score (nSPS) is 10.6. The zero-order valence-electron chi connectivity index (χ0n) is 23.6. The average molecular weight is 728 g/mol. The van der Waals surface area contributed by atoms with Crippen LogP contribution < -0.4 is 24.8 Å². The molecule has 0 fully saturated rings. The largest absolute Gasteiger partial charge is 1.00 e. The number of benzene rings is 6. The third kappa shape index (κ3) is 7.48. The average Bonchev–Trinajstić information content (AvgIpc) is 3.75. The molecule has 0 radical (unpaired) electrons. The molecule has 7 aromatic rings. The van der Waals surface area contributed by atoms with E-state index in [2.05, 4.69) is 66.7 Å². The van der Waals surface area contributed by atoms with E-state index < -0.39 is 0 Å². The van der Waals surface area contributed by atoms with Crippen molar-refractivity contribution in [2.45, 2.75) is 6.42 Å². The summed E-state index contributed by atoms with van der Waals surface area (Å²) in [5, 5.41) is 6.83. The predicted molar refractivity (Wildman–Crippen MR) is 177 cm³/mol. The van der Waals surface area contributed by atoms with Crippen LogP contribution in [-0.2, 0) is 30.7 Å². The van der Waals surface area contributed by atoms with Gasteiger partial charge in [0.25, 0.3) is 0 Å². The number of hydrogen-bond acceptors (Lipinski definition) is 0. The van der Waals surface area contributed by atoms with E-state index in [0.29, 0.717) is 0 Å². The molecule has 0 bridgehead atoms. The van der Waals surface area contributed by atoms with Gasteiger partial charge in [0, 0.05) is 0 Å². The van der Waals surface area contributed by atoms with E-state index >= 15 is 0 Å². The van der Waals surface area contributed by atoms with Crippen LogP contribution >= 0.6 is 23.2 Å². The summed E-state index contributed by atoms with van der Waals surface area (Å²) in [6, 6.07) is 53.2. The maximum Gasteiger partial charge on any atom is -0.0240 e. The molecule has 0 aromatic heterocycles. The summed E-state index contributed by atoms with van der Waals surface area (Å²) in [5.41, 5.74) is 8.10. The van der Waals surface area contributed by atoms with Crippen LogP contribution in [0.3, 0.4) is 0 Å². The van der Waals surface area contributed by atoms with Crippen molar-refractivity contribution in [1.29, 1.82) is 0 Å². The molecule has 8 rings (SSSR count). The summed E-state index contributed by atoms with van der Waals surface area (Å²) in [4.78, 5) is 0. The van der Waals surface area contributed by atoms with Crippen molar-refractivity contribution >= 4 is 48.0 Å². The monoisotopic (exact) mass is 724 g/mol. The first-order chi connectivity index (χ1) is 20.6. The molecule has 7 aromatic carbocycles. The molecule has 0 saturated heterocycles. The third-order valence-electron chi connectivity index (χ3n) is 7.42. The zero-order valence-corrected chi connectivity index (χ0v) is 29.1. The van der Waals surface area contributed by atoms with Crippen LogP contribution in [0, 0.1) is 6.07 Å². The second kappa shape index (κ2) is 15.9. The first-order valence-corrected chi connectivity index (χ1v) is 15.8. The maximum atomic E-state index is 5.86. The third-order valence-corrected chi connectivity index (χ3v) is 9.34. The zero-order chi connectivity index (χ0) is 28.9. The summed E-state index contributed by atoms with van der Waals surface area (Å²) in [5.74, 6) is 0. The van der Waals surface area contributed by atoms with Crippen molar-refractivity contribution in [3.63, 3.8) is 0 Å². The van der Waals surface area contributed by atoms with Gasteiger partial charge in [0.15, 0.2) is 0 Å². The van der Waals surface area contributed by atoms with Gasteiger partial charge in [0.05, 0.1) is 0 Å². The number of rotatable bonds is 2. The van der Waals surface area contributed by atoms with Gasteiger partial charge in [-0.2, -0.15) is 18.2 Å². The SMILES string of the molecule is Clc1ccc([C](=[Zr+2])c2ccc(Cl)cc2)cc1.[Cl-].[Cl-].[c-]1cccc2c1c1c(c3ccccc32)-c2ccccc2C1.c1cc[cH-]c1. The Labute approximate surface area is 296 Å². The van der Waals surface area contributed by atoms with E-state index in [9.17, 15) is 0 Å². The second-order valence-electron chi connectivity index (χ2n) is 10.0. The Hall–Kier alpha value is -2.90. The van der Waals surface area contributed by atoms with Gasteiger partial charge in [-0.25, -0.2) is 12.1 Å². The molecular formula is C39H26Cl4Zr-2. The van der Waals surface area contributed by atoms with E-state index in [-0.39, 0.29) is 24.8 Å². The quantitative estimate of drug-likeness (QED) is 0.176. The van der Waals surface area contributed by atoms with Crippen LogP contribution in [0.25, 0.3) is 32.7 Å². The first-order valence-electron chi connectivity index (χ1n) is 13.8. The maximum absolute atomic E-state index is 5.86. The molecule has 0 atom stereocenters. The first kappa shape index (κ1) is 34.0. The van der Waals surface area contributed by atoms with E-state index in [1.165, 1.54) is 82.4 Å². The van der Waals surface area contributed by atoms with Crippen LogP contribution in [0.5, 0.6) is 0 Å². The minimum atomic E-state index is 0. The summed E-state index contributed by atoms with van der Waals surface area (Å²) in [6.07, 6.45) is 1.02. The molecule has 0 saturated carbocycles. The van der Waals surface area contributed by atoms with Gasteiger partial charge >= 0.3 is 120 Å². The molecule has 44 heavy (non-hydrogen) atoms. The molecule has 0 spiro atoms. The molecule has 1 aliphatic carbocycles. The van der Waals surface area contributed by atoms with Crippen molar-refractivity contribution in [2.75, 3.05) is 0 Å². The Morgan fingerprint density at radius 2 is 1.16 bits per heavy atom. The van der Waals surface area contributed by atoms with Gasteiger partial charge in [-0.3, -0.25) is 0 Å². The fourth-order valence-corrected chi connectivity index (χ4v) is 6.52. The summed E-state index contributed by atoms with van der Waals surface area (Å²) >= 11 is 13.1. The molecule has 0 unspecified atom stereocenters. The molecule has 0 aliphatic heterocycles. The second-order valence-corrected chi connectivity index (χ2v) is 12.1. The minimum Gasteiger partial charge on any atom is -1.00 e. The van der Waals surface area contributed by atoms with Crippen molar-refractivity contribution in [2.24, 2.45) is 0 Å². The van der Waals surface area contributed by atoms with Gasteiger partial charge in [-0.05, 0) is 28.5 Å². The van der Waals surface area contributed by atoms with Crippen molar-refractivity contribution < 1.29 is 49.0 Å². The van der Waals surface area contributed by atoms with E-state index in [1.807, 2.05) is 84.9 Å². The Balaban J connectivity index is 0.000000171. The van der Waals surface area contributed by atoms with Crippen LogP contribution in [0.2, 0.25) is 10.0 Å². The predicted octanol–water partition coefficient (Wildman–Crippen LogP) is 4.89. The topological polar surface area (TPSA) is 0 Å². The van der Waals surface area contributed by atoms with E-state index in [4.69, 9.17) is 23.2 Å². The molecular weight excluding hydrogens is 701 g/mol. The van der Waals surface area contributed by atoms with Gasteiger partial charge in [-0.15, -0.1) is 40.6 Å². The summed E-state index contributed by atoms with van der Waals surface area (Å²) in [6.45, 7) is 0. The van der Waals surface area contributed by atoms with Gasteiger partial charge < -0.3 is 24.8 Å². The van der Waals surface area contributed by atoms with Gasteiger partial charge in [-0.1, -0.05) is 53.9 Å². The molecule has 1 aliphatic rings. The van der Waals surface area contributed by atoms with Crippen molar-refractivity contribution in [3.8, 4) is 11.1 Å². The Morgan fingerprint density at radius 3 is 1.75 bits per heavy atom. The van der Waals surface area contributed by atoms with Gasteiger partial charge in [0.2, 0.25) is 0 Å². The van der Waals surface area contributed by atoms with Crippen LogP contribution in [0.4, 0.5) is 0 Å². The van der Waals surface area contributed by atoms with E-state index in [0.717, 1.165) is 16.5 Å². The minimum absolute atomic E-state index is 0. The van der Waals surface area contributed by atoms with Crippen LogP contribution in [-0.4, -0.2) is 3.21 Å². The molecule has 5 heteroatoms. The van der Waals surface area contributed by atoms with E-state index in [1.54, 1.807) is 0 Å². The Bertz CT molecular complexity index is 1910. The Kier molecular flexibility index (Phi) is 12.3. The fourth-order valence-electron chi connectivity index (χ4n) is 5.45. The number of hydrogen-bond donors (Lipinski definition) is 0. The van der Waals surface area contributed by atoms with Gasteiger partial charge in [0.1, 0.15) is 0 Å². The molecule has 0 amide bonds. The summed E-state index contributed by atoms with van der Waals surface area (Å²) < 4.78 is 1.31. The van der Waals surface area contributed by atoms with Crippen molar-refractivity contribution in [1.82, 2.24) is 0 Å². The van der Waals surface area contributed by atoms with Crippen LogP contribution in [0.1, 0.15) is 22.3 Å². The molecule has 0 heterocycles. The van der Waals surface area contributed by atoms with Crippen LogP contribution in [0.15, 0.2) is 146 Å². The standard InChI is InChI=1S/C21H13.C13H8Cl2.C5H5.2ClH.Zr/c1-2-8-15-14(7-1)13-20-18-11-4-3-9-16(18)17-10-5-6-12-19(17)21(15)20;14-12-5-1-10(2-6-12)9-11-3-7-13(15)8-4-11;1-2-4-5-3-1;;;/h1-10,12H,13H2;1-8H;1-5H;2*1H;/q-1;;-1;;;+2/p-2. The summed E-state index contributed by atoms with van der Waals surface area (Å²) in [7, 11) is 0. The number of halogens is 4. The number of fused-ring (bicyclic) bond motifs is 8. The molecule has 0 nitrogen and oxygen atoms in total. The van der Waals surface area contributed by atoms with Crippen molar-refractivity contribution in [3.05, 3.63) is 184 Å². The smallest absolute Gasteiger partial charge is 0.0240 e. The molecule has 216 valence electrons. The fraction of sp³-hybridized carbons (Fsp3) is 0.0256. The Morgan fingerprint density at radius 1 is 0.614 bits per heavy atom. The molecule has 0 N–H and O–H groups in total.